The van der Waals surface area contributed by atoms with Gasteiger partial charge in [-0.15, -0.1) is 0 Å². The number of nitrogens with zero attached hydrogens (tertiary/aromatic N) is 2. The fourth-order valence-corrected chi connectivity index (χ4v) is 3.52. The number of aromatic nitrogens is 2. The summed E-state index contributed by atoms with van der Waals surface area (Å²) in [6, 6.07) is 5.72. The van der Waals surface area contributed by atoms with E-state index in [4.69, 9.17) is 21.4 Å². The van der Waals surface area contributed by atoms with Crippen LogP contribution in [-0.2, 0) is 9.53 Å². The van der Waals surface area contributed by atoms with Crippen molar-refractivity contribution in [3.63, 3.8) is 0 Å². The number of carboxylic acid groups (broad SMARTS) is 1. The fraction of sp³-hybridized carbons (Fsp3) is 0.429. The first-order valence-electron chi connectivity index (χ1n) is 6.75. The molecule has 1 N–H and O–H groups in total. The Hall–Kier alpha value is -1.24. The highest BCUT2D eigenvalue weighted by molar-refractivity contribution is 7.99. The van der Waals surface area contributed by atoms with Crippen molar-refractivity contribution < 1.29 is 14.6 Å². The molecule has 0 saturated carbocycles. The third-order valence-electron chi connectivity index (χ3n) is 3.45. The van der Waals surface area contributed by atoms with E-state index < -0.39 is 5.97 Å². The number of thioether (sulfide) groups is 1. The predicted molar refractivity (Wildman–Crippen MR) is 82.2 cm³/mol. The number of hydrogen-bond acceptors (Lipinski definition) is 4. The van der Waals surface area contributed by atoms with Crippen molar-refractivity contribution >= 4 is 40.4 Å². The number of ether oxygens (including phenoxy) is 1. The number of aliphatic carboxylic acids is 1. The van der Waals surface area contributed by atoms with Crippen molar-refractivity contribution in [2.24, 2.45) is 0 Å². The first-order valence-corrected chi connectivity index (χ1v) is 8.11. The third-order valence-corrected chi connectivity index (χ3v) is 4.62. The summed E-state index contributed by atoms with van der Waals surface area (Å²) in [6.07, 6.45) is 1.99. The molecule has 2 aromatic rings. The van der Waals surface area contributed by atoms with Gasteiger partial charge in [-0.25, -0.2) is 4.98 Å². The summed E-state index contributed by atoms with van der Waals surface area (Å²) in [4.78, 5) is 15.4. The van der Waals surface area contributed by atoms with Crippen molar-refractivity contribution in [1.29, 1.82) is 0 Å². The van der Waals surface area contributed by atoms with Crippen LogP contribution in [-0.4, -0.2) is 39.6 Å². The Balaban J connectivity index is 2.04. The number of rotatable bonds is 4. The van der Waals surface area contributed by atoms with E-state index in [1.807, 2.05) is 12.1 Å². The van der Waals surface area contributed by atoms with Gasteiger partial charge in [-0.1, -0.05) is 23.4 Å². The topological polar surface area (TPSA) is 64.3 Å². The second-order valence-electron chi connectivity index (χ2n) is 4.95. The van der Waals surface area contributed by atoms with Crippen LogP contribution in [0.1, 0.15) is 18.9 Å². The number of carboxylic acids is 1. The summed E-state index contributed by atoms with van der Waals surface area (Å²) in [7, 11) is 0. The molecule has 1 unspecified atom stereocenters. The minimum atomic E-state index is -0.850. The summed E-state index contributed by atoms with van der Waals surface area (Å²) < 4.78 is 7.64. The third kappa shape index (κ3) is 3.17. The summed E-state index contributed by atoms with van der Waals surface area (Å²) in [5.41, 5.74) is 1.77. The highest BCUT2D eigenvalue weighted by atomic mass is 35.5. The molecule has 1 aromatic carbocycles. The number of hydrogen-bond donors (Lipinski definition) is 1. The minimum absolute atomic E-state index is 0.00929. The molecule has 1 saturated heterocycles. The Bertz CT molecular complexity index is 668. The van der Waals surface area contributed by atoms with Gasteiger partial charge in [-0.2, -0.15) is 0 Å². The largest absolute Gasteiger partial charge is 0.481 e. The van der Waals surface area contributed by atoms with Crippen molar-refractivity contribution in [3.8, 4) is 0 Å². The van der Waals surface area contributed by atoms with E-state index in [9.17, 15) is 4.79 Å². The lowest BCUT2D eigenvalue weighted by atomic mass is 10.1. The van der Waals surface area contributed by atoms with Crippen molar-refractivity contribution in [1.82, 2.24) is 9.55 Å². The predicted octanol–water partition coefficient (Wildman–Crippen LogP) is 3.22. The van der Waals surface area contributed by atoms with Crippen molar-refractivity contribution in [2.45, 2.75) is 24.0 Å². The fourth-order valence-electron chi connectivity index (χ4n) is 2.55. The highest BCUT2D eigenvalue weighted by Crippen LogP contribution is 2.32. The molecular formula is C14H15ClN2O3S. The normalized spacial score (nSPS) is 19.0. The number of carbonyl (C=O) groups is 1. The number of fused-ring (bicyclic) bond motifs is 1. The number of halogens is 1. The van der Waals surface area contributed by atoms with E-state index in [1.165, 1.54) is 11.8 Å². The van der Waals surface area contributed by atoms with Crippen LogP contribution in [0.25, 0.3) is 11.0 Å². The van der Waals surface area contributed by atoms with E-state index in [1.54, 1.807) is 6.07 Å². The van der Waals surface area contributed by atoms with E-state index in [0.717, 1.165) is 30.5 Å². The molecule has 1 aliphatic heterocycles. The van der Waals surface area contributed by atoms with E-state index >= 15 is 0 Å². The molecular weight excluding hydrogens is 312 g/mol. The second-order valence-corrected chi connectivity index (χ2v) is 6.33. The molecule has 1 aliphatic rings. The van der Waals surface area contributed by atoms with Gasteiger partial charge in [0.2, 0.25) is 0 Å². The molecule has 5 nitrogen and oxygen atoms in total. The Morgan fingerprint density at radius 3 is 3.14 bits per heavy atom. The molecule has 2 heterocycles. The molecule has 0 radical (unpaired) electrons. The molecule has 0 spiro atoms. The summed E-state index contributed by atoms with van der Waals surface area (Å²) in [5, 5.41) is 10.3. The van der Waals surface area contributed by atoms with Crippen LogP contribution >= 0.6 is 23.4 Å². The Labute approximate surface area is 131 Å². The molecule has 112 valence electrons. The maximum Gasteiger partial charge on any atom is 0.313 e. The summed E-state index contributed by atoms with van der Waals surface area (Å²) >= 11 is 7.33. The number of benzene rings is 1. The maximum absolute atomic E-state index is 10.8. The van der Waals surface area contributed by atoms with Gasteiger partial charge in [-0.05, 0) is 31.0 Å². The zero-order valence-electron chi connectivity index (χ0n) is 11.3. The van der Waals surface area contributed by atoms with Gasteiger partial charge in [0.15, 0.2) is 5.16 Å². The average molecular weight is 327 g/mol. The monoisotopic (exact) mass is 326 g/mol. The lowest BCUT2D eigenvalue weighted by Crippen LogP contribution is -2.22. The van der Waals surface area contributed by atoms with E-state index in [2.05, 4.69) is 9.55 Å². The summed E-state index contributed by atoms with van der Waals surface area (Å²) in [5.74, 6) is -0.860. The SMILES string of the molecule is O=C(O)CSc1nc2ccc(Cl)cc2n1C1CCCOC1. The standard InChI is InChI=1S/C14H15ClN2O3S/c15-9-3-4-11-12(6-9)17(10-2-1-5-20-7-10)14(16-11)21-8-13(18)19/h3-4,6,10H,1-2,5,7-8H2,(H,18,19). The van der Waals surface area contributed by atoms with Gasteiger partial charge in [0.25, 0.3) is 0 Å². The van der Waals surface area contributed by atoms with Crippen LogP contribution < -0.4 is 0 Å². The summed E-state index contributed by atoms with van der Waals surface area (Å²) in [6.45, 7) is 1.40. The quantitative estimate of drug-likeness (QED) is 0.874. The molecule has 0 bridgehead atoms. The molecule has 1 fully saturated rings. The van der Waals surface area contributed by atoms with Gasteiger partial charge >= 0.3 is 5.97 Å². The average Bonchev–Trinajstić information content (AvgIpc) is 2.83. The first kappa shape index (κ1) is 14.7. The van der Waals surface area contributed by atoms with Crippen LogP contribution in [0, 0.1) is 0 Å². The van der Waals surface area contributed by atoms with Crippen molar-refractivity contribution in [3.05, 3.63) is 23.2 Å². The Kier molecular flexibility index (Phi) is 4.37. The van der Waals surface area contributed by atoms with Gasteiger partial charge in [0, 0.05) is 11.6 Å². The smallest absolute Gasteiger partial charge is 0.313 e. The van der Waals surface area contributed by atoms with Crippen LogP contribution in [0.2, 0.25) is 5.02 Å². The zero-order valence-corrected chi connectivity index (χ0v) is 12.9. The molecule has 3 rings (SSSR count). The first-order chi connectivity index (χ1) is 10.1. The van der Waals surface area contributed by atoms with Gasteiger partial charge in [-0.3, -0.25) is 4.79 Å². The Morgan fingerprint density at radius 1 is 1.57 bits per heavy atom. The molecule has 7 heteroatoms. The van der Waals surface area contributed by atoms with Crippen LogP contribution in [0.5, 0.6) is 0 Å². The molecule has 1 aromatic heterocycles. The van der Waals surface area contributed by atoms with Crippen LogP contribution in [0.4, 0.5) is 0 Å². The zero-order chi connectivity index (χ0) is 14.8. The molecule has 0 amide bonds. The van der Waals surface area contributed by atoms with Crippen molar-refractivity contribution in [2.75, 3.05) is 19.0 Å². The highest BCUT2D eigenvalue weighted by Gasteiger charge is 2.22. The molecule has 0 aliphatic carbocycles. The molecule has 21 heavy (non-hydrogen) atoms. The van der Waals surface area contributed by atoms with Gasteiger partial charge in [0.05, 0.1) is 29.4 Å². The maximum atomic E-state index is 10.8. The number of imidazole rings is 1. The van der Waals surface area contributed by atoms with Crippen LogP contribution in [0.15, 0.2) is 23.4 Å². The lowest BCUT2D eigenvalue weighted by molar-refractivity contribution is -0.133. The minimum Gasteiger partial charge on any atom is -0.481 e. The van der Waals surface area contributed by atoms with E-state index in [-0.39, 0.29) is 11.8 Å². The Morgan fingerprint density at radius 2 is 2.43 bits per heavy atom. The second kappa shape index (κ2) is 6.25. The molecule has 1 atom stereocenters. The van der Waals surface area contributed by atoms with Gasteiger partial charge < -0.3 is 14.4 Å². The lowest BCUT2D eigenvalue weighted by Gasteiger charge is -2.25. The van der Waals surface area contributed by atoms with Crippen LogP contribution in [0.3, 0.4) is 0 Å². The van der Waals surface area contributed by atoms with Gasteiger partial charge in [0.1, 0.15) is 0 Å². The van der Waals surface area contributed by atoms with E-state index in [0.29, 0.717) is 16.8 Å².